The number of rotatable bonds is 4. The summed E-state index contributed by atoms with van der Waals surface area (Å²) in [7, 11) is 0. The minimum atomic E-state index is -0.0614. The van der Waals surface area contributed by atoms with Crippen molar-refractivity contribution in [3.63, 3.8) is 0 Å². The average molecular weight is 336 g/mol. The van der Waals surface area contributed by atoms with Crippen molar-refractivity contribution in [3.05, 3.63) is 59.2 Å². The van der Waals surface area contributed by atoms with Crippen LogP contribution in [0.3, 0.4) is 0 Å². The SMILES string of the molecule is Cc1ccc2c(c1)N(Cc1ccc(C(=O)NC3CC3)cc1)C(=O)CO2. The van der Waals surface area contributed by atoms with E-state index in [0.29, 0.717) is 18.2 Å². The number of carbonyl (C=O) groups is 2. The molecule has 5 nitrogen and oxygen atoms in total. The lowest BCUT2D eigenvalue weighted by Crippen LogP contribution is -2.38. The van der Waals surface area contributed by atoms with Gasteiger partial charge in [0.05, 0.1) is 12.2 Å². The summed E-state index contributed by atoms with van der Waals surface area (Å²) in [5.41, 5.74) is 3.51. The van der Waals surface area contributed by atoms with E-state index in [4.69, 9.17) is 4.74 Å². The van der Waals surface area contributed by atoms with Gasteiger partial charge in [0.1, 0.15) is 5.75 Å². The maximum atomic E-state index is 12.3. The zero-order chi connectivity index (χ0) is 17.4. The third kappa shape index (κ3) is 3.36. The van der Waals surface area contributed by atoms with Gasteiger partial charge < -0.3 is 15.0 Å². The molecule has 1 saturated carbocycles. The predicted octanol–water partition coefficient (Wildman–Crippen LogP) is 2.81. The quantitative estimate of drug-likeness (QED) is 0.934. The number of anilines is 1. The van der Waals surface area contributed by atoms with Gasteiger partial charge in [-0.15, -0.1) is 0 Å². The molecule has 25 heavy (non-hydrogen) atoms. The fourth-order valence-electron chi connectivity index (χ4n) is 2.93. The molecule has 1 aliphatic heterocycles. The summed E-state index contributed by atoms with van der Waals surface area (Å²) >= 11 is 0. The molecule has 1 aliphatic carbocycles. The van der Waals surface area contributed by atoms with Crippen molar-refractivity contribution in [1.29, 1.82) is 0 Å². The van der Waals surface area contributed by atoms with Gasteiger partial charge in [-0.05, 0) is 55.2 Å². The van der Waals surface area contributed by atoms with E-state index in [1.54, 1.807) is 4.90 Å². The van der Waals surface area contributed by atoms with E-state index < -0.39 is 0 Å². The molecule has 0 unspecified atom stereocenters. The summed E-state index contributed by atoms with van der Waals surface area (Å²) in [5.74, 6) is 0.636. The Morgan fingerprint density at radius 3 is 2.68 bits per heavy atom. The molecule has 0 atom stereocenters. The number of benzene rings is 2. The molecule has 2 aromatic rings. The van der Waals surface area contributed by atoms with Gasteiger partial charge in [-0.25, -0.2) is 0 Å². The van der Waals surface area contributed by atoms with Crippen LogP contribution in [-0.4, -0.2) is 24.5 Å². The largest absolute Gasteiger partial charge is 0.482 e. The van der Waals surface area contributed by atoms with E-state index in [0.717, 1.165) is 35.4 Å². The number of carbonyl (C=O) groups excluding carboxylic acids is 2. The topological polar surface area (TPSA) is 58.6 Å². The normalized spacial score (nSPS) is 16.2. The van der Waals surface area contributed by atoms with Crippen LogP contribution < -0.4 is 15.0 Å². The lowest BCUT2D eigenvalue weighted by Gasteiger charge is -2.29. The van der Waals surface area contributed by atoms with Crippen molar-refractivity contribution in [2.45, 2.75) is 32.4 Å². The van der Waals surface area contributed by atoms with Crippen LogP contribution in [0.2, 0.25) is 0 Å². The van der Waals surface area contributed by atoms with Crippen LogP contribution in [0, 0.1) is 6.92 Å². The van der Waals surface area contributed by atoms with Gasteiger partial charge >= 0.3 is 0 Å². The van der Waals surface area contributed by atoms with Crippen molar-refractivity contribution < 1.29 is 14.3 Å². The fourth-order valence-corrected chi connectivity index (χ4v) is 2.93. The Hall–Kier alpha value is -2.82. The van der Waals surface area contributed by atoms with E-state index in [-0.39, 0.29) is 18.4 Å². The number of ether oxygens (including phenoxy) is 1. The first-order valence-electron chi connectivity index (χ1n) is 8.54. The van der Waals surface area contributed by atoms with Crippen LogP contribution in [0.5, 0.6) is 5.75 Å². The molecule has 5 heteroatoms. The number of nitrogens with zero attached hydrogens (tertiary/aromatic N) is 1. The lowest BCUT2D eigenvalue weighted by molar-refractivity contribution is -0.121. The van der Waals surface area contributed by atoms with Gasteiger partial charge in [0, 0.05) is 11.6 Å². The predicted molar refractivity (Wildman–Crippen MR) is 94.8 cm³/mol. The average Bonchev–Trinajstić information content (AvgIpc) is 3.42. The summed E-state index contributed by atoms with van der Waals surface area (Å²) in [6.45, 7) is 2.51. The van der Waals surface area contributed by atoms with Gasteiger partial charge in [0.25, 0.3) is 11.8 Å². The third-order valence-electron chi connectivity index (χ3n) is 4.53. The lowest BCUT2D eigenvalue weighted by atomic mass is 10.1. The minimum Gasteiger partial charge on any atom is -0.482 e. The first kappa shape index (κ1) is 15.7. The Labute approximate surface area is 146 Å². The second-order valence-electron chi connectivity index (χ2n) is 6.68. The summed E-state index contributed by atoms with van der Waals surface area (Å²) < 4.78 is 5.51. The van der Waals surface area contributed by atoms with E-state index in [2.05, 4.69) is 5.32 Å². The summed E-state index contributed by atoms with van der Waals surface area (Å²) in [6.07, 6.45) is 2.14. The minimum absolute atomic E-state index is 0.0301. The Morgan fingerprint density at radius 2 is 1.96 bits per heavy atom. The smallest absolute Gasteiger partial charge is 0.265 e. The van der Waals surface area contributed by atoms with Crippen LogP contribution in [0.4, 0.5) is 5.69 Å². The Morgan fingerprint density at radius 1 is 1.20 bits per heavy atom. The highest BCUT2D eigenvalue weighted by Crippen LogP contribution is 2.33. The number of hydrogen-bond acceptors (Lipinski definition) is 3. The maximum Gasteiger partial charge on any atom is 0.265 e. The van der Waals surface area contributed by atoms with E-state index in [1.165, 1.54) is 0 Å². The number of aryl methyl sites for hydroxylation is 1. The van der Waals surface area contributed by atoms with Gasteiger partial charge in [-0.2, -0.15) is 0 Å². The molecule has 2 aliphatic rings. The molecule has 0 radical (unpaired) electrons. The second kappa shape index (κ2) is 6.24. The van der Waals surface area contributed by atoms with E-state index in [1.807, 2.05) is 49.4 Å². The number of fused-ring (bicyclic) bond motifs is 1. The monoisotopic (exact) mass is 336 g/mol. The fraction of sp³-hybridized carbons (Fsp3) is 0.300. The molecule has 1 fully saturated rings. The van der Waals surface area contributed by atoms with Gasteiger partial charge in [0.2, 0.25) is 0 Å². The molecule has 0 spiro atoms. The van der Waals surface area contributed by atoms with Crippen molar-refractivity contribution in [2.75, 3.05) is 11.5 Å². The molecule has 128 valence electrons. The first-order chi connectivity index (χ1) is 12.1. The molecule has 0 saturated heterocycles. The Balaban J connectivity index is 1.52. The molecule has 1 N–H and O–H groups in total. The molecule has 1 heterocycles. The molecule has 2 amide bonds. The first-order valence-corrected chi connectivity index (χ1v) is 8.54. The number of nitrogens with one attached hydrogen (secondary N) is 1. The number of hydrogen-bond donors (Lipinski definition) is 1. The van der Waals surface area contributed by atoms with Crippen LogP contribution in [0.15, 0.2) is 42.5 Å². The number of amides is 2. The van der Waals surface area contributed by atoms with Gasteiger partial charge in [-0.1, -0.05) is 18.2 Å². The van der Waals surface area contributed by atoms with Crippen LogP contribution in [0.1, 0.15) is 34.3 Å². The third-order valence-corrected chi connectivity index (χ3v) is 4.53. The zero-order valence-corrected chi connectivity index (χ0v) is 14.1. The van der Waals surface area contributed by atoms with Crippen molar-refractivity contribution in [2.24, 2.45) is 0 Å². The van der Waals surface area contributed by atoms with Crippen molar-refractivity contribution >= 4 is 17.5 Å². The summed E-state index contributed by atoms with van der Waals surface area (Å²) in [4.78, 5) is 26.1. The molecule has 0 aromatic heterocycles. The Kier molecular flexibility index (Phi) is 3.92. The highest BCUT2D eigenvalue weighted by atomic mass is 16.5. The van der Waals surface area contributed by atoms with Gasteiger partial charge in [0.15, 0.2) is 6.61 Å². The summed E-state index contributed by atoms with van der Waals surface area (Å²) in [5, 5.41) is 2.98. The van der Waals surface area contributed by atoms with E-state index >= 15 is 0 Å². The van der Waals surface area contributed by atoms with Gasteiger partial charge in [-0.3, -0.25) is 9.59 Å². The van der Waals surface area contributed by atoms with Crippen LogP contribution >= 0.6 is 0 Å². The molecule has 4 rings (SSSR count). The van der Waals surface area contributed by atoms with Crippen molar-refractivity contribution in [3.8, 4) is 5.75 Å². The Bertz CT molecular complexity index is 825. The highest BCUT2D eigenvalue weighted by molar-refractivity contribution is 5.98. The van der Waals surface area contributed by atoms with E-state index in [9.17, 15) is 9.59 Å². The maximum absolute atomic E-state index is 12.3. The van der Waals surface area contributed by atoms with Crippen LogP contribution in [-0.2, 0) is 11.3 Å². The van der Waals surface area contributed by atoms with Crippen LogP contribution in [0.25, 0.3) is 0 Å². The second-order valence-corrected chi connectivity index (χ2v) is 6.68. The summed E-state index contributed by atoms with van der Waals surface area (Å²) in [6, 6.07) is 13.6. The molecular weight excluding hydrogens is 316 g/mol. The molecular formula is C20H20N2O3. The van der Waals surface area contributed by atoms with Crippen molar-refractivity contribution in [1.82, 2.24) is 5.32 Å². The molecule has 2 aromatic carbocycles. The zero-order valence-electron chi connectivity index (χ0n) is 14.1. The molecule has 0 bridgehead atoms. The highest BCUT2D eigenvalue weighted by Gasteiger charge is 2.26. The standard InChI is InChI=1S/C20H20N2O3/c1-13-2-9-18-17(10-13)22(19(23)12-25-18)11-14-3-5-15(6-4-14)20(24)21-16-7-8-16/h2-6,9-10,16H,7-8,11-12H2,1H3,(H,21,24).